The minimum absolute atomic E-state index is 0.0542. The van der Waals surface area contributed by atoms with Gasteiger partial charge in [-0.1, -0.05) is 0 Å². The molecule has 1 saturated heterocycles. The Bertz CT molecular complexity index is 429. The fourth-order valence-corrected chi connectivity index (χ4v) is 2.46. The molecule has 0 unspecified atom stereocenters. The summed E-state index contributed by atoms with van der Waals surface area (Å²) in [5.74, 6) is 0.547. The van der Waals surface area contributed by atoms with Crippen LogP contribution in [0.5, 0.6) is 0 Å². The lowest BCUT2D eigenvalue weighted by atomic mass is 9.80. The lowest BCUT2D eigenvalue weighted by Gasteiger charge is -2.45. The van der Waals surface area contributed by atoms with E-state index in [4.69, 9.17) is 5.73 Å². The monoisotopic (exact) mass is 259 g/mol. The van der Waals surface area contributed by atoms with Crippen LogP contribution < -0.4 is 10.6 Å². The topological polar surface area (TPSA) is 62.5 Å². The van der Waals surface area contributed by atoms with Crippen LogP contribution in [0.1, 0.15) is 19.8 Å². The third-order valence-electron chi connectivity index (χ3n) is 4.11. The lowest BCUT2D eigenvalue weighted by molar-refractivity contribution is 0.196. The molecule has 0 aliphatic carbocycles. The molecule has 0 aromatic carbocycles. The van der Waals surface area contributed by atoms with Crippen molar-refractivity contribution in [3.05, 3.63) is 18.3 Å². The van der Waals surface area contributed by atoms with E-state index in [1.165, 1.54) is 0 Å². The maximum atomic E-state index is 10.6. The van der Waals surface area contributed by atoms with Crippen LogP contribution in [0.2, 0.25) is 0 Å². The maximum Gasteiger partial charge on any atom is 0.293 e. The zero-order chi connectivity index (χ0) is 13.9. The summed E-state index contributed by atoms with van der Waals surface area (Å²) in [5.41, 5.74) is 6.76. The Morgan fingerprint density at radius 2 is 2.16 bits per heavy atom. The third kappa shape index (κ3) is 3.07. The van der Waals surface area contributed by atoms with Crippen LogP contribution in [0, 0.1) is 0 Å². The summed E-state index contributed by atoms with van der Waals surface area (Å²) in [7, 11) is 3.58. The Labute approximate surface area is 115 Å². The van der Waals surface area contributed by atoms with Crippen molar-refractivity contribution in [2.45, 2.75) is 25.3 Å². The van der Waals surface area contributed by atoms with Gasteiger partial charge >= 0.3 is 0 Å². The molecule has 2 rings (SSSR count). The van der Waals surface area contributed by atoms with Crippen LogP contribution in [0.15, 0.2) is 18.3 Å². The lowest BCUT2D eigenvalue weighted by Crippen LogP contribution is -2.53. The van der Waals surface area contributed by atoms with E-state index < -0.39 is 0 Å². The summed E-state index contributed by atoms with van der Waals surface area (Å²) in [6.45, 7) is 4.11. The van der Waals surface area contributed by atoms with Gasteiger partial charge < -0.3 is 20.2 Å². The zero-order valence-corrected chi connectivity index (χ0v) is 11.5. The summed E-state index contributed by atoms with van der Waals surface area (Å²) in [6, 6.07) is 3.84. The number of hydrogen-bond acceptors (Lipinski definition) is 5. The molecule has 1 radical (unpaired) electrons. The highest BCUT2D eigenvalue weighted by Crippen LogP contribution is 2.29. The van der Waals surface area contributed by atoms with Gasteiger partial charge in [-0.2, -0.15) is 0 Å². The van der Waals surface area contributed by atoms with E-state index in [9.17, 15) is 4.79 Å². The van der Waals surface area contributed by atoms with Crippen molar-refractivity contribution in [3.8, 4) is 0 Å². The average molecular weight is 259 g/mol. The number of carbonyl (C=O) groups excluding carboxylic acids is 1. The Balaban J connectivity index is 1.98. The van der Waals surface area contributed by atoms with Crippen LogP contribution in [0.4, 0.5) is 11.5 Å². The Kier molecular flexibility index (Phi) is 4.09. The summed E-state index contributed by atoms with van der Waals surface area (Å²) < 4.78 is 0. The van der Waals surface area contributed by atoms with Gasteiger partial charge in [-0.3, -0.25) is 0 Å². The number of nitrogens with two attached hydrogens (primary N) is 1. The predicted octanol–water partition coefficient (Wildman–Crippen LogP) is 0.764. The molecule has 19 heavy (non-hydrogen) atoms. The highest BCUT2D eigenvalue weighted by molar-refractivity contribution is 6.64. The molecule has 0 spiro atoms. The molecule has 0 atom stereocenters. The SMILES string of the molecule is CN([B]C=O)C1(C)CCN(c2ccc(N)nc2)CC1. The largest absolute Gasteiger partial charge is 0.384 e. The molecular formula is C13H20BN4O. The summed E-state index contributed by atoms with van der Waals surface area (Å²) in [6.07, 6.45) is 4.69. The Hall–Kier alpha value is -1.56. The fourth-order valence-electron chi connectivity index (χ4n) is 2.46. The van der Waals surface area contributed by atoms with Gasteiger partial charge in [-0.15, -0.1) is 0 Å². The minimum atomic E-state index is 0.0542. The van der Waals surface area contributed by atoms with Crippen molar-refractivity contribution in [2.75, 3.05) is 30.8 Å². The number of carbonyl (C=O) groups is 1. The molecular weight excluding hydrogens is 239 g/mol. The van der Waals surface area contributed by atoms with E-state index in [1.807, 2.05) is 30.2 Å². The molecule has 6 heteroatoms. The van der Waals surface area contributed by atoms with Gasteiger partial charge in [0, 0.05) is 18.6 Å². The van der Waals surface area contributed by atoms with Crippen molar-refractivity contribution >= 4 is 25.1 Å². The molecule has 101 valence electrons. The van der Waals surface area contributed by atoms with Gasteiger partial charge in [0.05, 0.1) is 18.1 Å². The zero-order valence-electron chi connectivity index (χ0n) is 11.5. The molecule has 2 N–H and O–H groups in total. The molecule has 5 nitrogen and oxygen atoms in total. The number of pyridine rings is 1. The molecule has 0 amide bonds. The van der Waals surface area contributed by atoms with E-state index in [2.05, 4.69) is 16.8 Å². The fraction of sp³-hybridized carbons (Fsp3) is 0.538. The van der Waals surface area contributed by atoms with Crippen molar-refractivity contribution in [1.82, 2.24) is 9.79 Å². The normalized spacial score (nSPS) is 18.4. The Morgan fingerprint density at radius 3 is 2.68 bits per heavy atom. The first-order valence-electron chi connectivity index (χ1n) is 6.53. The molecule has 1 aliphatic rings. The van der Waals surface area contributed by atoms with Crippen molar-refractivity contribution < 1.29 is 4.79 Å². The van der Waals surface area contributed by atoms with Gasteiger partial charge in [-0.05, 0) is 38.9 Å². The van der Waals surface area contributed by atoms with E-state index in [-0.39, 0.29) is 5.54 Å². The molecule has 1 aromatic heterocycles. The maximum absolute atomic E-state index is 10.6. The standard InChI is InChI=1S/C13H20BN4O/c1-13(17(2)14-10-19)5-7-18(8-6-13)11-3-4-12(15)16-9-11/h3-4,9-10H,5-8H2,1-2H3,(H2,15,16). The summed E-state index contributed by atoms with van der Waals surface area (Å²) in [5, 5.41) is 0. The van der Waals surface area contributed by atoms with Gasteiger partial charge in [0.1, 0.15) is 5.82 Å². The van der Waals surface area contributed by atoms with E-state index in [0.717, 1.165) is 37.8 Å². The first kappa shape index (κ1) is 13.9. The van der Waals surface area contributed by atoms with Crippen molar-refractivity contribution in [2.24, 2.45) is 0 Å². The van der Waals surface area contributed by atoms with Crippen LogP contribution in [0.25, 0.3) is 0 Å². The van der Waals surface area contributed by atoms with E-state index >= 15 is 0 Å². The summed E-state index contributed by atoms with van der Waals surface area (Å²) >= 11 is 0. The number of rotatable bonds is 4. The molecule has 2 heterocycles. The quantitative estimate of drug-likeness (QED) is 0.639. The molecule has 0 bridgehead atoms. The van der Waals surface area contributed by atoms with Crippen molar-refractivity contribution in [3.63, 3.8) is 0 Å². The first-order valence-corrected chi connectivity index (χ1v) is 6.53. The van der Waals surface area contributed by atoms with E-state index in [0.29, 0.717) is 5.82 Å². The number of aromatic nitrogens is 1. The molecule has 1 aromatic rings. The van der Waals surface area contributed by atoms with Gasteiger partial charge in [-0.25, -0.2) is 4.98 Å². The van der Waals surface area contributed by atoms with Crippen molar-refractivity contribution in [1.29, 1.82) is 0 Å². The number of piperidine rings is 1. The number of hydrogen-bond donors (Lipinski definition) is 1. The second kappa shape index (κ2) is 5.61. The first-order chi connectivity index (χ1) is 9.05. The number of nitrogen functional groups attached to an aromatic ring is 1. The number of nitrogens with zero attached hydrogens (tertiary/aromatic N) is 3. The van der Waals surface area contributed by atoms with Crippen LogP contribution in [-0.2, 0) is 4.79 Å². The van der Waals surface area contributed by atoms with Gasteiger partial charge in [0.2, 0.25) is 0 Å². The minimum Gasteiger partial charge on any atom is -0.384 e. The van der Waals surface area contributed by atoms with Crippen LogP contribution in [0.3, 0.4) is 0 Å². The predicted molar refractivity (Wildman–Crippen MR) is 78.8 cm³/mol. The summed E-state index contributed by atoms with van der Waals surface area (Å²) in [4.78, 5) is 19.1. The van der Waals surface area contributed by atoms with Gasteiger partial charge in [0.25, 0.3) is 7.41 Å². The third-order valence-corrected chi connectivity index (χ3v) is 4.11. The average Bonchev–Trinajstić information content (AvgIpc) is 2.41. The number of anilines is 2. The van der Waals surface area contributed by atoms with E-state index in [1.54, 1.807) is 7.41 Å². The second-order valence-corrected chi connectivity index (χ2v) is 5.32. The smallest absolute Gasteiger partial charge is 0.293 e. The van der Waals surface area contributed by atoms with Crippen LogP contribution in [-0.4, -0.2) is 49.1 Å². The highest BCUT2D eigenvalue weighted by atomic mass is 16.1. The molecule has 0 saturated carbocycles. The molecule has 1 aliphatic heterocycles. The second-order valence-electron chi connectivity index (χ2n) is 5.32. The molecule has 1 fully saturated rings. The van der Waals surface area contributed by atoms with Gasteiger partial charge in [0.15, 0.2) is 0 Å². The van der Waals surface area contributed by atoms with Crippen LogP contribution >= 0.6 is 0 Å². The highest BCUT2D eigenvalue weighted by Gasteiger charge is 2.33. The Morgan fingerprint density at radius 1 is 1.47 bits per heavy atom.